The van der Waals surface area contributed by atoms with Crippen molar-refractivity contribution in [3.63, 3.8) is 0 Å². The van der Waals surface area contributed by atoms with Crippen molar-refractivity contribution in [1.29, 1.82) is 0 Å². The zero-order valence-corrected chi connectivity index (χ0v) is 11.2. The molecule has 20 heavy (non-hydrogen) atoms. The third kappa shape index (κ3) is 1.97. The van der Waals surface area contributed by atoms with Crippen LogP contribution in [-0.2, 0) is 9.47 Å². The lowest BCUT2D eigenvalue weighted by molar-refractivity contribution is -0.208. The molecular weight excluding hydrogens is 266 g/mol. The minimum absolute atomic E-state index is 0.0154. The summed E-state index contributed by atoms with van der Waals surface area (Å²) in [6.45, 7) is 0. The van der Waals surface area contributed by atoms with Gasteiger partial charge in [-0.15, -0.1) is 0 Å². The van der Waals surface area contributed by atoms with Crippen LogP contribution in [0.5, 0.6) is 0 Å². The molecule has 0 heterocycles. The highest BCUT2D eigenvalue weighted by molar-refractivity contribution is 5.80. The monoisotopic (exact) mass is 282 g/mol. The summed E-state index contributed by atoms with van der Waals surface area (Å²) < 4.78 is 38.7. The summed E-state index contributed by atoms with van der Waals surface area (Å²) in [5.74, 6) is -4.23. The van der Waals surface area contributed by atoms with Gasteiger partial charge in [0, 0.05) is 19.8 Å². The molecule has 0 bridgehead atoms. The van der Waals surface area contributed by atoms with Crippen molar-refractivity contribution < 1.29 is 18.3 Å². The molecule has 0 spiro atoms. The second kappa shape index (κ2) is 5.06. The fourth-order valence-electron chi connectivity index (χ4n) is 2.19. The number of ether oxygens (including phenoxy) is 2. The number of rotatable bonds is 3. The van der Waals surface area contributed by atoms with Crippen molar-refractivity contribution in [3.8, 4) is 0 Å². The highest BCUT2D eigenvalue weighted by atomic mass is 19.2. The van der Waals surface area contributed by atoms with Crippen molar-refractivity contribution in [2.45, 2.75) is 11.4 Å². The maximum atomic E-state index is 14.2. The molecule has 0 saturated carbocycles. The molecule has 1 aromatic rings. The first kappa shape index (κ1) is 14.8. The fourth-order valence-corrected chi connectivity index (χ4v) is 2.19. The lowest BCUT2D eigenvalue weighted by Crippen LogP contribution is -2.69. The highest BCUT2D eigenvalue weighted by Gasteiger charge is 2.54. The maximum Gasteiger partial charge on any atom is 0.227 e. The Morgan fingerprint density at radius 3 is 2.05 bits per heavy atom. The van der Waals surface area contributed by atoms with E-state index in [1.165, 1.54) is 20.3 Å². The third-order valence-electron chi connectivity index (χ3n) is 3.39. The molecule has 0 fully saturated rings. The Kier molecular flexibility index (Phi) is 3.75. The first-order chi connectivity index (χ1) is 9.39. The van der Waals surface area contributed by atoms with Crippen molar-refractivity contribution in [3.05, 3.63) is 53.6 Å². The Morgan fingerprint density at radius 1 is 1.00 bits per heavy atom. The molecule has 0 amide bonds. The Hall–Kier alpha value is -1.60. The van der Waals surface area contributed by atoms with E-state index in [1.807, 2.05) is 0 Å². The molecule has 0 atom stereocenters. The largest absolute Gasteiger partial charge is 0.347 e. The Morgan fingerprint density at radius 2 is 1.55 bits per heavy atom. The lowest BCUT2D eigenvalue weighted by atomic mass is 9.86. The summed E-state index contributed by atoms with van der Waals surface area (Å²) in [5, 5.41) is 0. The normalized spacial score (nSPS) is 20.8. The van der Waals surface area contributed by atoms with Gasteiger partial charge in [0.05, 0.1) is 0 Å². The SMILES string of the molecule is COC1(OC)C=C(c2ccccc2)C(F)=C(F)C1(N)N. The number of nitrogens with two attached hydrogens (primary N) is 2. The van der Waals surface area contributed by atoms with Gasteiger partial charge in [-0.05, 0) is 11.6 Å². The zero-order chi connectivity index (χ0) is 15.0. The zero-order valence-electron chi connectivity index (χ0n) is 11.2. The van der Waals surface area contributed by atoms with Crippen LogP contribution in [0.4, 0.5) is 8.78 Å². The van der Waals surface area contributed by atoms with Crippen LogP contribution >= 0.6 is 0 Å². The quantitative estimate of drug-likeness (QED) is 0.830. The van der Waals surface area contributed by atoms with E-state index in [9.17, 15) is 8.78 Å². The van der Waals surface area contributed by atoms with Gasteiger partial charge in [0.1, 0.15) is 0 Å². The molecule has 2 rings (SSSR count). The van der Waals surface area contributed by atoms with Gasteiger partial charge < -0.3 is 20.9 Å². The maximum absolute atomic E-state index is 14.2. The second-order valence-electron chi connectivity index (χ2n) is 4.50. The van der Waals surface area contributed by atoms with E-state index in [0.29, 0.717) is 5.56 Å². The van der Waals surface area contributed by atoms with E-state index in [4.69, 9.17) is 20.9 Å². The van der Waals surface area contributed by atoms with Gasteiger partial charge in [0.2, 0.25) is 5.79 Å². The third-order valence-corrected chi connectivity index (χ3v) is 3.39. The summed E-state index contributed by atoms with van der Waals surface area (Å²) >= 11 is 0. The Labute approximate surface area is 115 Å². The summed E-state index contributed by atoms with van der Waals surface area (Å²) in [7, 11) is 2.52. The van der Waals surface area contributed by atoms with Crippen LogP contribution in [0.2, 0.25) is 0 Å². The highest BCUT2D eigenvalue weighted by Crippen LogP contribution is 2.42. The topological polar surface area (TPSA) is 70.5 Å². The minimum Gasteiger partial charge on any atom is -0.347 e. The molecule has 0 unspecified atom stereocenters. The molecule has 0 radical (unpaired) electrons. The first-order valence-electron chi connectivity index (χ1n) is 5.92. The Balaban J connectivity index is 2.66. The van der Waals surface area contributed by atoms with Crippen LogP contribution in [0, 0.1) is 0 Å². The molecule has 1 aromatic carbocycles. The van der Waals surface area contributed by atoms with E-state index in [1.54, 1.807) is 30.3 Å². The number of hydrogen-bond acceptors (Lipinski definition) is 4. The molecule has 0 saturated heterocycles. The van der Waals surface area contributed by atoms with Crippen molar-refractivity contribution in [2.75, 3.05) is 14.2 Å². The number of hydrogen-bond donors (Lipinski definition) is 2. The van der Waals surface area contributed by atoms with Crippen molar-refractivity contribution in [2.24, 2.45) is 11.5 Å². The smallest absolute Gasteiger partial charge is 0.227 e. The van der Waals surface area contributed by atoms with E-state index in [-0.39, 0.29) is 5.57 Å². The van der Waals surface area contributed by atoms with Crippen LogP contribution in [-0.4, -0.2) is 25.7 Å². The minimum atomic E-state index is -2.25. The standard InChI is InChI=1S/C14H16F2N2O2/c1-19-13(20-2)8-10(9-6-4-3-5-7-9)11(15)12(16)14(13,17)18/h3-8H,17-18H2,1-2H3. The van der Waals surface area contributed by atoms with Gasteiger partial charge >= 0.3 is 0 Å². The molecule has 6 heteroatoms. The number of benzene rings is 1. The lowest BCUT2D eigenvalue weighted by Gasteiger charge is -2.43. The molecule has 0 aliphatic heterocycles. The molecule has 4 N–H and O–H groups in total. The van der Waals surface area contributed by atoms with Crippen LogP contribution in [0.3, 0.4) is 0 Å². The molecule has 108 valence electrons. The van der Waals surface area contributed by atoms with Gasteiger partial charge in [0.15, 0.2) is 17.3 Å². The van der Waals surface area contributed by atoms with Gasteiger partial charge in [0.25, 0.3) is 0 Å². The van der Waals surface area contributed by atoms with E-state index in [2.05, 4.69) is 0 Å². The fraction of sp³-hybridized carbons (Fsp3) is 0.286. The van der Waals surface area contributed by atoms with Gasteiger partial charge in [-0.3, -0.25) is 0 Å². The van der Waals surface area contributed by atoms with Crippen LogP contribution < -0.4 is 11.5 Å². The summed E-state index contributed by atoms with van der Waals surface area (Å²) in [6.07, 6.45) is 1.25. The number of methoxy groups -OCH3 is 2. The average molecular weight is 282 g/mol. The van der Waals surface area contributed by atoms with Crippen molar-refractivity contribution >= 4 is 5.57 Å². The molecule has 4 nitrogen and oxygen atoms in total. The molecular formula is C14H16F2N2O2. The second-order valence-corrected chi connectivity index (χ2v) is 4.50. The first-order valence-corrected chi connectivity index (χ1v) is 5.92. The van der Waals surface area contributed by atoms with E-state index < -0.39 is 23.1 Å². The molecule has 0 aromatic heterocycles. The van der Waals surface area contributed by atoms with Gasteiger partial charge in [-0.25, -0.2) is 8.78 Å². The van der Waals surface area contributed by atoms with Crippen LogP contribution in [0.25, 0.3) is 5.57 Å². The summed E-state index contributed by atoms with van der Waals surface area (Å²) in [6, 6.07) is 8.44. The number of allylic oxidation sites excluding steroid dienone is 2. The van der Waals surface area contributed by atoms with Crippen LogP contribution in [0.1, 0.15) is 5.56 Å². The van der Waals surface area contributed by atoms with Gasteiger partial charge in [-0.2, -0.15) is 0 Å². The predicted octanol–water partition coefficient (Wildman–Crippen LogP) is 1.84. The molecule has 1 aliphatic rings. The van der Waals surface area contributed by atoms with Crippen molar-refractivity contribution in [1.82, 2.24) is 0 Å². The summed E-state index contributed by atoms with van der Waals surface area (Å²) in [5.41, 5.74) is 9.53. The average Bonchev–Trinajstić information content (AvgIpc) is 2.47. The summed E-state index contributed by atoms with van der Waals surface area (Å²) in [4.78, 5) is 0. The van der Waals surface area contributed by atoms with E-state index >= 15 is 0 Å². The Bertz CT molecular complexity index is 564. The van der Waals surface area contributed by atoms with Gasteiger partial charge in [-0.1, -0.05) is 30.3 Å². The van der Waals surface area contributed by atoms with Crippen LogP contribution in [0.15, 0.2) is 48.1 Å². The number of halogens is 2. The molecule has 1 aliphatic carbocycles. The predicted molar refractivity (Wildman–Crippen MR) is 71.5 cm³/mol. The van der Waals surface area contributed by atoms with E-state index in [0.717, 1.165) is 0 Å².